The summed E-state index contributed by atoms with van der Waals surface area (Å²) in [4.78, 5) is 8.52. The quantitative estimate of drug-likeness (QED) is 0.244. The lowest BCUT2D eigenvalue weighted by Crippen LogP contribution is -2.15. The van der Waals surface area contributed by atoms with Crippen LogP contribution in [0.2, 0.25) is 5.02 Å². The Kier molecular flexibility index (Phi) is 7.47. The zero-order valence-electron chi connectivity index (χ0n) is 20.7. The molecule has 0 saturated carbocycles. The summed E-state index contributed by atoms with van der Waals surface area (Å²) >= 11 is 6.30. The average molecular weight is 564 g/mol. The minimum absolute atomic E-state index is 0.0348. The molecule has 1 unspecified atom stereocenters. The van der Waals surface area contributed by atoms with E-state index in [-0.39, 0.29) is 10.5 Å². The first kappa shape index (κ1) is 26.6. The summed E-state index contributed by atoms with van der Waals surface area (Å²) < 4.78 is 50.8. The van der Waals surface area contributed by atoms with Gasteiger partial charge >= 0.3 is 0 Å². The predicted molar refractivity (Wildman–Crippen MR) is 148 cm³/mol. The Morgan fingerprint density at radius 2 is 1.69 bits per heavy atom. The van der Waals surface area contributed by atoms with Gasteiger partial charge in [0.05, 0.1) is 28.2 Å². The van der Waals surface area contributed by atoms with Crippen LogP contribution in [0.5, 0.6) is 11.5 Å². The zero-order chi connectivity index (χ0) is 27.6. The molecule has 0 radical (unpaired) electrons. The molecule has 0 bridgehead atoms. The summed E-state index contributed by atoms with van der Waals surface area (Å²) in [6.07, 6.45) is 1.09. The summed E-state index contributed by atoms with van der Waals surface area (Å²) in [5.74, 6) is 0.567. The molecule has 1 aromatic heterocycles. The molecular weight excluding hydrogens is 541 g/mol. The number of para-hydroxylation sites is 1. The first-order valence-corrected chi connectivity index (χ1v) is 13.8. The van der Waals surface area contributed by atoms with Gasteiger partial charge in [0, 0.05) is 17.4 Å². The fourth-order valence-electron chi connectivity index (χ4n) is 4.28. The summed E-state index contributed by atoms with van der Waals surface area (Å²) in [6.45, 7) is 0. The lowest BCUT2D eigenvalue weighted by atomic mass is 10.0. The van der Waals surface area contributed by atoms with Crippen molar-refractivity contribution in [3.05, 3.63) is 113 Å². The highest BCUT2D eigenvalue weighted by atomic mass is 35.5. The molecule has 0 aliphatic carbocycles. The van der Waals surface area contributed by atoms with Crippen molar-refractivity contribution < 1.29 is 22.3 Å². The van der Waals surface area contributed by atoms with Crippen molar-refractivity contribution in [1.82, 2.24) is 9.97 Å². The van der Waals surface area contributed by atoms with Gasteiger partial charge in [-0.15, -0.1) is 0 Å². The molecule has 0 spiro atoms. The molecule has 0 aliphatic rings. The first-order valence-electron chi connectivity index (χ1n) is 11.8. The topological polar surface area (TPSA) is 104 Å². The number of hydrogen-bond acceptors (Lipinski definition) is 6. The highest BCUT2D eigenvalue weighted by molar-refractivity contribution is 7.89. The molecule has 2 N–H and O–H groups in total. The number of primary sulfonamides is 1. The zero-order valence-corrected chi connectivity index (χ0v) is 22.3. The number of ether oxygens (including phenoxy) is 2. The fraction of sp³-hybridized carbons (Fsp3) is 0.103. The van der Waals surface area contributed by atoms with Crippen LogP contribution in [0.1, 0.15) is 17.2 Å². The van der Waals surface area contributed by atoms with E-state index >= 15 is 4.39 Å². The van der Waals surface area contributed by atoms with Crippen molar-refractivity contribution in [2.75, 3.05) is 7.11 Å². The van der Waals surface area contributed by atoms with Crippen LogP contribution >= 0.6 is 11.6 Å². The second-order valence-electron chi connectivity index (χ2n) is 8.78. The van der Waals surface area contributed by atoms with E-state index in [1.807, 2.05) is 24.3 Å². The lowest BCUT2D eigenvalue weighted by Gasteiger charge is -2.21. The molecule has 0 aliphatic heterocycles. The summed E-state index contributed by atoms with van der Waals surface area (Å²) in [5, 5.41) is 6.40. The van der Waals surface area contributed by atoms with Crippen molar-refractivity contribution in [3.8, 4) is 22.8 Å². The van der Waals surface area contributed by atoms with E-state index in [9.17, 15) is 8.42 Å². The molecule has 0 amide bonds. The third-order valence-electron chi connectivity index (χ3n) is 6.23. The van der Waals surface area contributed by atoms with Gasteiger partial charge in [-0.25, -0.2) is 27.9 Å². The Hall–Kier alpha value is -4.05. The predicted octanol–water partition coefficient (Wildman–Crippen LogP) is 6.11. The van der Waals surface area contributed by atoms with Gasteiger partial charge in [0.2, 0.25) is 10.0 Å². The summed E-state index contributed by atoms with van der Waals surface area (Å²) in [6, 6.07) is 23.3. The van der Waals surface area contributed by atoms with E-state index in [0.29, 0.717) is 45.1 Å². The van der Waals surface area contributed by atoms with Gasteiger partial charge in [-0.2, -0.15) is 0 Å². The normalized spacial score (nSPS) is 12.3. The van der Waals surface area contributed by atoms with Crippen LogP contribution in [0.25, 0.3) is 22.2 Å². The van der Waals surface area contributed by atoms with E-state index in [1.54, 1.807) is 43.5 Å². The van der Waals surface area contributed by atoms with Gasteiger partial charge in [0.25, 0.3) is 0 Å². The molecule has 39 heavy (non-hydrogen) atoms. The Morgan fingerprint density at radius 1 is 0.949 bits per heavy atom. The number of hydrogen-bond donors (Lipinski definition) is 1. The van der Waals surface area contributed by atoms with Crippen LogP contribution in [-0.2, 0) is 16.4 Å². The van der Waals surface area contributed by atoms with Crippen LogP contribution < -0.4 is 14.6 Å². The molecule has 0 saturated heterocycles. The second kappa shape index (κ2) is 11.0. The van der Waals surface area contributed by atoms with Crippen molar-refractivity contribution in [2.24, 2.45) is 5.14 Å². The van der Waals surface area contributed by atoms with E-state index in [4.69, 9.17) is 26.2 Å². The highest BCUT2D eigenvalue weighted by Gasteiger charge is 2.20. The van der Waals surface area contributed by atoms with Crippen molar-refractivity contribution >= 4 is 32.5 Å². The summed E-state index contributed by atoms with van der Waals surface area (Å²) in [5.41, 5.74) is 2.59. The SMILES string of the molecule is COc1ccc(CC(Oc2ccc(F)c(-c3ncnc4c(Cl)cccc34)c2)c2cccc(S(N)(=O)=O)c2)cc1. The standard InChI is InChI=1S/C29H23ClFN3O4S/c1-37-20-10-8-18(9-11-20)14-27(19-4-2-5-22(15-19)39(32,35)36)38-21-12-13-26(31)24(16-21)28-23-6-3-7-25(30)29(23)34-17-33-28/h2-13,15-17,27H,14H2,1H3,(H2,32,35,36). The van der Waals surface area contributed by atoms with E-state index in [1.165, 1.54) is 30.6 Å². The fourth-order valence-corrected chi connectivity index (χ4v) is 5.08. The number of rotatable bonds is 8. The lowest BCUT2D eigenvalue weighted by molar-refractivity contribution is 0.205. The van der Waals surface area contributed by atoms with Crippen LogP contribution in [0.4, 0.5) is 4.39 Å². The van der Waals surface area contributed by atoms with Crippen LogP contribution in [0.3, 0.4) is 0 Å². The van der Waals surface area contributed by atoms with E-state index in [2.05, 4.69) is 9.97 Å². The van der Waals surface area contributed by atoms with Crippen LogP contribution in [0.15, 0.2) is 96.2 Å². The Bertz CT molecular complexity index is 1770. The molecule has 7 nitrogen and oxygen atoms in total. The number of benzene rings is 4. The maximum atomic E-state index is 15.1. The van der Waals surface area contributed by atoms with Gasteiger partial charge in [-0.1, -0.05) is 48.0 Å². The van der Waals surface area contributed by atoms with Gasteiger partial charge in [-0.05, 0) is 59.7 Å². The van der Waals surface area contributed by atoms with Crippen molar-refractivity contribution in [1.29, 1.82) is 0 Å². The van der Waals surface area contributed by atoms with E-state index < -0.39 is 21.9 Å². The molecule has 1 atom stereocenters. The molecule has 5 rings (SSSR count). The molecular formula is C29H23ClFN3O4S. The molecule has 5 aromatic rings. The monoisotopic (exact) mass is 563 g/mol. The second-order valence-corrected chi connectivity index (χ2v) is 10.7. The van der Waals surface area contributed by atoms with Gasteiger partial charge in [-0.3, -0.25) is 0 Å². The molecule has 10 heteroatoms. The minimum Gasteiger partial charge on any atom is -0.497 e. The van der Waals surface area contributed by atoms with Gasteiger partial charge < -0.3 is 9.47 Å². The molecule has 0 fully saturated rings. The van der Waals surface area contributed by atoms with Crippen LogP contribution in [0, 0.1) is 5.82 Å². The number of fused-ring (bicyclic) bond motifs is 1. The number of nitrogens with two attached hydrogens (primary N) is 1. The number of methoxy groups -OCH3 is 1. The first-order chi connectivity index (χ1) is 18.7. The Morgan fingerprint density at radius 3 is 2.44 bits per heavy atom. The third kappa shape index (κ3) is 5.85. The number of sulfonamides is 1. The Balaban J connectivity index is 1.56. The Labute approximate surface area is 230 Å². The average Bonchev–Trinajstić information content (AvgIpc) is 2.94. The number of aromatic nitrogens is 2. The van der Waals surface area contributed by atoms with E-state index in [0.717, 1.165) is 5.56 Å². The van der Waals surface area contributed by atoms with Crippen LogP contribution in [-0.4, -0.2) is 25.5 Å². The molecule has 198 valence electrons. The van der Waals surface area contributed by atoms with Gasteiger partial charge in [0.15, 0.2) is 0 Å². The number of halogens is 2. The number of nitrogens with zero attached hydrogens (tertiary/aromatic N) is 2. The minimum atomic E-state index is -3.93. The van der Waals surface area contributed by atoms with Gasteiger partial charge in [0.1, 0.15) is 29.7 Å². The third-order valence-corrected chi connectivity index (χ3v) is 7.44. The highest BCUT2D eigenvalue weighted by Crippen LogP contribution is 2.35. The van der Waals surface area contributed by atoms with Crippen molar-refractivity contribution in [2.45, 2.75) is 17.4 Å². The maximum Gasteiger partial charge on any atom is 0.238 e. The maximum absolute atomic E-state index is 15.1. The van der Waals surface area contributed by atoms with Crippen molar-refractivity contribution in [3.63, 3.8) is 0 Å². The molecule has 1 heterocycles. The summed E-state index contributed by atoms with van der Waals surface area (Å²) in [7, 11) is -2.35. The smallest absolute Gasteiger partial charge is 0.238 e. The largest absolute Gasteiger partial charge is 0.497 e. The molecule has 4 aromatic carbocycles.